The molecule has 414 valence electrons. The normalized spacial score (nSPS) is 20.9. The molecule has 7 atom stereocenters. The predicted octanol–water partition coefficient (Wildman–Crippen LogP) is 4.75. The van der Waals surface area contributed by atoms with E-state index < -0.39 is 133 Å². The Bertz CT molecular complexity index is 2610. The molecule has 4 heterocycles. The Labute approximate surface area is 461 Å². The van der Waals surface area contributed by atoms with E-state index in [1.165, 1.54) is 28.8 Å². The van der Waals surface area contributed by atoms with Crippen LogP contribution in [0.5, 0.6) is 17.6 Å². The lowest BCUT2D eigenvalue weighted by Crippen LogP contribution is -2.48. The number of ketones is 4. The number of benzene rings is 1. The molecule has 0 saturated carbocycles. The summed E-state index contributed by atoms with van der Waals surface area (Å²) in [5.74, 6) is -12.3. The number of nitrogens with zero attached hydrogens (tertiary/aromatic N) is 3. The summed E-state index contributed by atoms with van der Waals surface area (Å²) in [6.45, 7) is 2.25. The molecule has 2 aromatic heterocycles. The number of hydrogen-bond acceptors (Lipinski definition) is 22. The number of hydrogen-bond donors (Lipinski definition) is 8. The van der Waals surface area contributed by atoms with E-state index in [1.807, 2.05) is 13.8 Å². The summed E-state index contributed by atoms with van der Waals surface area (Å²) in [5, 5.41) is 67.4. The second-order valence-electron chi connectivity index (χ2n) is 19.1. The van der Waals surface area contributed by atoms with Crippen LogP contribution in [0.15, 0.2) is 33.1 Å². The zero-order chi connectivity index (χ0) is 55.8. The van der Waals surface area contributed by atoms with Gasteiger partial charge in [0.1, 0.15) is 17.6 Å². The molecule has 2 aliphatic rings. The minimum atomic E-state index is -1.39. The topological polar surface area (TPSA) is 337 Å². The zero-order valence-corrected chi connectivity index (χ0v) is 46.2. The standard InChI is InChI=1S/C50H63N5O16S5/c1-25(2)15-38(62)46-54-41(49(68)71-46)39(72)11-10-32(59)17-29(21-56)43(63)51-34-24-76-75-23-33(36(60)18-27(48(66)67)12-14-74-3)52-44(64)30(22-57)20-40(73)42-50(69)70-45(53-42)35-5-4-13-55(35)47(65)28(19-37(34)61)16-26-6-8-31(58)9-7-26/h6-9,25,27-30,33-35,56-58,68-69H,4-5,10-24H2,1-3H3,(H,51,63)(H,52,64)(H,66,67). The maximum atomic E-state index is 14.8. The van der Waals surface area contributed by atoms with E-state index in [2.05, 4.69) is 20.6 Å². The van der Waals surface area contributed by atoms with Crippen LogP contribution in [-0.4, -0.2) is 157 Å². The van der Waals surface area contributed by atoms with Gasteiger partial charge in [0.25, 0.3) is 5.89 Å². The van der Waals surface area contributed by atoms with Crippen molar-refractivity contribution in [3.63, 3.8) is 0 Å². The van der Waals surface area contributed by atoms with Crippen LogP contribution in [0, 0.1) is 29.6 Å². The number of carbonyl (C=O) groups excluding carboxylic acids is 7. The van der Waals surface area contributed by atoms with Crippen molar-refractivity contribution in [2.45, 2.75) is 103 Å². The Hall–Kier alpha value is -5.25. The molecule has 1 aromatic carbocycles. The minimum Gasteiger partial charge on any atom is -0.508 e. The monoisotopic (exact) mass is 1150 g/mol. The number of amides is 3. The van der Waals surface area contributed by atoms with Crippen LogP contribution in [0.25, 0.3) is 0 Å². The Morgan fingerprint density at radius 2 is 1.63 bits per heavy atom. The molecule has 1 saturated heterocycles. The van der Waals surface area contributed by atoms with Gasteiger partial charge in [-0.2, -0.15) is 11.8 Å². The molecule has 2 bridgehead atoms. The van der Waals surface area contributed by atoms with Crippen LogP contribution in [0.3, 0.4) is 0 Å². The zero-order valence-electron chi connectivity index (χ0n) is 42.1. The number of nitrogens with one attached hydrogen (secondary N) is 2. The average molecular weight is 1150 g/mol. The van der Waals surface area contributed by atoms with Gasteiger partial charge in [0.05, 0.1) is 43.1 Å². The van der Waals surface area contributed by atoms with Gasteiger partial charge < -0.3 is 55.0 Å². The van der Waals surface area contributed by atoms with Gasteiger partial charge in [-0.25, -0.2) is 9.97 Å². The molecule has 3 amide bonds. The summed E-state index contributed by atoms with van der Waals surface area (Å²) in [5.41, 5.74) is 0.187. The van der Waals surface area contributed by atoms with E-state index >= 15 is 0 Å². The van der Waals surface area contributed by atoms with Crippen LogP contribution >= 0.6 is 57.8 Å². The van der Waals surface area contributed by atoms with E-state index in [-0.39, 0.29) is 101 Å². The minimum absolute atomic E-state index is 0.00435. The van der Waals surface area contributed by atoms with E-state index in [0.29, 0.717) is 24.2 Å². The highest BCUT2D eigenvalue weighted by molar-refractivity contribution is 8.76. The summed E-state index contributed by atoms with van der Waals surface area (Å²) in [6, 6.07) is 2.46. The summed E-state index contributed by atoms with van der Waals surface area (Å²) in [4.78, 5) is 119. The molecule has 8 N–H and O–H groups in total. The van der Waals surface area contributed by atoms with Gasteiger partial charge in [-0.15, -0.1) is 0 Å². The number of aliphatic carboxylic acids is 1. The molecular formula is C50H63N5O16S5. The smallest absolute Gasteiger partial charge is 0.312 e. The lowest BCUT2D eigenvalue weighted by Gasteiger charge is -2.28. The van der Waals surface area contributed by atoms with Crippen molar-refractivity contribution in [3.8, 4) is 17.6 Å². The van der Waals surface area contributed by atoms with Crippen molar-refractivity contribution in [2.75, 3.05) is 43.3 Å². The molecule has 21 nitrogen and oxygen atoms in total. The second kappa shape index (κ2) is 29.5. The summed E-state index contributed by atoms with van der Waals surface area (Å²) >= 11 is 12.4. The number of phenols is 1. The van der Waals surface area contributed by atoms with Gasteiger partial charge in [0.15, 0.2) is 23.0 Å². The predicted molar refractivity (Wildman–Crippen MR) is 289 cm³/mol. The molecule has 5 rings (SSSR count). The largest absolute Gasteiger partial charge is 0.508 e. The van der Waals surface area contributed by atoms with Crippen LogP contribution in [-0.2, 0) is 40.0 Å². The number of Topliss-reactive ketones (excluding diaryl/α,β-unsaturated/α-hetero) is 4. The van der Waals surface area contributed by atoms with Crippen molar-refractivity contribution in [2.24, 2.45) is 29.6 Å². The van der Waals surface area contributed by atoms with Crippen molar-refractivity contribution in [1.29, 1.82) is 0 Å². The van der Waals surface area contributed by atoms with E-state index in [9.17, 15) is 69.0 Å². The van der Waals surface area contributed by atoms with Gasteiger partial charge >= 0.3 is 17.9 Å². The molecule has 7 unspecified atom stereocenters. The molecule has 3 aromatic rings. The number of rotatable bonds is 22. The SMILES string of the molecule is CSCCC(CC(=O)C1CSSCC(NC(=O)C(CO)CC(=O)CCC(=S)c2nc(C(=O)CC(C)C)oc2O)C(=O)CC(Cc2ccc(O)cc2)C(=O)N2CCCC2c2nc(c(O)o2)C(=S)CC(CO)C(=O)N1)C(=O)O. The van der Waals surface area contributed by atoms with Gasteiger partial charge in [-0.1, -0.05) is 72.0 Å². The van der Waals surface area contributed by atoms with Gasteiger partial charge in [0.2, 0.25) is 29.4 Å². The third-order valence-corrected chi connectivity index (χ3v) is 16.6. The fourth-order valence-electron chi connectivity index (χ4n) is 8.54. The molecule has 0 radical (unpaired) electrons. The fourth-order valence-corrected chi connectivity index (χ4v) is 12.0. The molecule has 76 heavy (non-hydrogen) atoms. The van der Waals surface area contributed by atoms with Gasteiger partial charge in [-0.05, 0) is 74.1 Å². The van der Waals surface area contributed by atoms with E-state index in [4.69, 9.17) is 33.3 Å². The Morgan fingerprint density at radius 3 is 2.29 bits per heavy atom. The number of thioether (sulfide) groups is 1. The third-order valence-electron chi connectivity index (χ3n) is 12.8. The quantitative estimate of drug-likeness (QED) is 0.0382. The van der Waals surface area contributed by atoms with Gasteiger partial charge in [-0.3, -0.25) is 38.4 Å². The number of carboxylic acid groups (broad SMARTS) is 1. The van der Waals surface area contributed by atoms with Crippen LogP contribution in [0.1, 0.15) is 118 Å². The van der Waals surface area contributed by atoms with Gasteiger partial charge in [0, 0.05) is 65.8 Å². The number of carboxylic acids is 1. The summed E-state index contributed by atoms with van der Waals surface area (Å²) in [7, 11) is 2.01. The third kappa shape index (κ3) is 17.4. The number of thiocarbonyl (C=S) groups is 2. The molecule has 0 spiro atoms. The van der Waals surface area contributed by atoms with Crippen molar-refractivity contribution in [1.82, 2.24) is 25.5 Å². The maximum absolute atomic E-state index is 14.8. The van der Waals surface area contributed by atoms with Crippen molar-refractivity contribution in [3.05, 3.63) is 53.0 Å². The lowest BCUT2D eigenvalue weighted by molar-refractivity contribution is -0.144. The number of fused-ring (bicyclic) bond motifs is 4. The Balaban J connectivity index is 1.45. The molecule has 1 fully saturated rings. The van der Waals surface area contributed by atoms with E-state index in [0.717, 1.165) is 21.6 Å². The van der Waals surface area contributed by atoms with Crippen LogP contribution < -0.4 is 10.6 Å². The first-order valence-corrected chi connectivity index (χ1v) is 29.3. The molecular weight excluding hydrogens is 1090 g/mol. The Morgan fingerprint density at radius 1 is 0.921 bits per heavy atom. The molecule has 2 aliphatic heterocycles. The Kier molecular flexibility index (Phi) is 23.9. The number of aliphatic hydroxyl groups is 2. The number of aliphatic hydroxyl groups excluding tert-OH is 2. The van der Waals surface area contributed by atoms with E-state index in [1.54, 1.807) is 18.4 Å². The highest BCUT2D eigenvalue weighted by atomic mass is 33.1. The van der Waals surface area contributed by atoms with Crippen LogP contribution in [0.2, 0.25) is 0 Å². The highest BCUT2D eigenvalue weighted by Crippen LogP contribution is 2.37. The first kappa shape index (κ1) is 61.6. The fraction of sp³-hybridized carbons (Fsp3) is 0.560. The molecule has 0 aliphatic carbocycles. The molecule has 26 heteroatoms. The number of phenolic OH excluding ortho intramolecular Hbond substituents is 1. The van der Waals surface area contributed by atoms with Crippen molar-refractivity contribution >= 4 is 114 Å². The number of aromatic hydroxyl groups is 3. The van der Waals surface area contributed by atoms with Crippen molar-refractivity contribution < 1.29 is 77.8 Å². The van der Waals surface area contributed by atoms with Crippen LogP contribution in [0.4, 0.5) is 0 Å². The first-order valence-electron chi connectivity index (χ1n) is 24.6. The summed E-state index contributed by atoms with van der Waals surface area (Å²) in [6.07, 6.45) is 0.675. The average Bonchev–Trinajstić information content (AvgIpc) is 4.13. The number of oxazole rings is 2. The maximum Gasteiger partial charge on any atom is 0.312 e. The summed E-state index contributed by atoms with van der Waals surface area (Å²) < 4.78 is 10.8. The lowest BCUT2D eigenvalue weighted by atomic mass is 9.90. The number of aromatic nitrogens is 2. The second-order valence-corrected chi connectivity index (χ2v) is 23.6. The highest BCUT2D eigenvalue weighted by Gasteiger charge is 2.40. The first-order chi connectivity index (χ1) is 36.1. The number of carbonyl (C=O) groups is 8.